The molecule has 3 rings (SSSR count). The Morgan fingerprint density at radius 3 is 2.62 bits per heavy atom. The molecule has 1 aliphatic heterocycles. The van der Waals surface area contributed by atoms with Gasteiger partial charge in [0.05, 0.1) is 11.6 Å². The Morgan fingerprint density at radius 2 is 1.92 bits per heavy atom. The predicted molar refractivity (Wildman–Crippen MR) is 104 cm³/mol. The summed E-state index contributed by atoms with van der Waals surface area (Å²) in [5.74, 6) is 0.638. The molecular weight excluding hydrogens is 322 g/mol. The predicted octanol–water partition coefficient (Wildman–Crippen LogP) is 4.08. The number of rotatable bonds is 5. The number of aryl methyl sites for hydroxylation is 1. The molecule has 0 unspecified atom stereocenters. The van der Waals surface area contributed by atoms with Crippen molar-refractivity contribution in [3.8, 4) is 6.07 Å². The minimum Gasteiger partial charge on any atom is -0.322 e. The van der Waals surface area contributed by atoms with Crippen LogP contribution in [0.4, 0.5) is 5.69 Å². The normalized spacial score (nSPS) is 15.4. The van der Waals surface area contributed by atoms with Crippen molar-refractivity contribution < 1.29 is 4.79 Å². The smallest absolute Gasteiger partial charge is 0.255 e. The molecule has 1 aliphatic rings. The van der Waals surface area contributed by atoms with Crippen molar-refractivity contribution >= 4 is 11.6 Å². The molecule has 4 heteroatoms. The van der Waals surface area contributed by atoms with Gasteiger partial charge >= 0.3 is 0 Å². The van der Waals surface area contributed by atoms with E-state index in [0.29, 0.717) is 11.1 Å². The van der Waals surface area contributed by atoms with Gasteiger partial charge < -0.3 is 10.2 Å². The van der Waals surface area contributed by atoms with Gasteiger partial charge in [-0.1, -0.05) is 18.2 Å². The number of nitrogens with zero attached hydrogens (tertiary/aromatic N) is 2. The maximum atomic E-state index is 12.3. The van der Waals surface area contributed by atoms with Crippen LogP contribution in [-0.4, -0.2) is 30.9 Å². The van der Waals surface area contributed by atoms with E-state index in [4.69, 9.17) is 5.26 Å². The summed E-state index contributed by atoms with van der Waals surface area (Å²) in [6.07, 6.45) is 4.92. The average molecular weight is 347 g/mol. The van der Waals surface area contributed by atoms with Gasteiger partial charge in [0.25, 0.3) is 5.91 Å². The molecular formula is C22H25N3O. The number of nitriles is 1. The second-order valence-electron chi connectivity index (χ2n) is 7.13. The highest BCUT2D eigenvalue weighted by atomic mass is 16.1. The number of carbonyl (C=O) groups is 1. The molecule has 4 nitrogen and oxygen atoms in total. The van der Waals surface area contributed by atoms with Crippen LogP contribution in [0.3, 0.4) is 0 Å². The summed E-state index contributed by atoms with van der Waals surface area (Å²) >= 11 is 0. The van der Waals surface area contributed by atoms with Gasteiger partial charge in [0.15, 0.2) is 0 Å². The molecule has 0 radical (unpaired) electrons. The maximum Gasteiger partial charge on any atom is 0.255 e. The molecule has 0 aliphatic carbocycles. The van der Waals surface area contributed by atoms with Crippen LogP contribution in [0.15, 0.2) is 48.5 Å². The van der Waals surface area contributed by atoms with Gasteiger partial charge in [-0.3, -0.25) is 4.79 Å². The molecule has 0 spiro atoms. The van der Waals surface area contributed by atoms with E-state index in [0.717, 1.165) is 18.0 Å². The summed E-state index contributed by atoms with van der Waals surface area (Å²) < 4.78 is 0. The van der Waals surface area contributed by atoms with Crippen molar-refractivity contribution in [2.24, 2.45) is 5.92 Å². The number of benzene rings is 2. The summed E-state index contributed by atoms with van der Waals surface area (Å²) in [5, 5.41) is 11.8. The van der Waals surface area contributed by atoms with Crippen LogP contribution in [0.5, 0.6) is 0 Å². The van der Waals surface area contributed by atoms with Crippen LogP contribution in [0, 0.1) is 17.2 Å². The molecule has 1 fully saturated rings. The van der Waals surface area contributed by atoms with Gasteiger partial charge in [-0.2, -0.15) is 5.26 Å². The van der Waals surface area contributed by atoms with E-state index < -0.39 is 0 Å². The van der Waals surface area contributed by atoms with E-state index >= 15 is 0 Å². The van der Waals surface area contributed by atoms with Crippen molar-refractivity contribution in [3.05, 3.63) is 65.2 Å². The Labute approximate surface area is 155 Å². The third-order valence-corrected chi connectivity index (χ3v) is 5.15. The molecule has 1 N–H and O–H groups in total. The molecule has 2 aromatic carbocycles. The zero-order valence-corrected chi connectivity index (χ0v) is 15.2. The second-order valence-corrected chi connectivity index (χ2v) is 7.13. The first kappa shape index (κ1) is 18.2. The summed E-state index contributed by atoms with van der Waals surface area (Å²) in [5.41, 5.74) is 3.08. The zero-order valence-electron chi connectivity index (χ0n) is 15.2. The van der Waals surface area contributed by atoms with E-state index in [1.165, 1.54) is 37.9 Å². The van der Waals surface area contributed by atoms with Crippen molar-refractivity contribution in [1.29, 1.82) is 5.26 Å². The number of hydrogen-bond acceptors (Lipinski definition) is 3. The number of piperidine rings is 1. The number of hydrogen-bond donors (Lipinski definition) is 1. The third kappa shape index (κ3) is 4.93. The highest BCUT2D eigenvalue weighted by Gasteiger charge is 2.16. The van der Waals surface area contributed by atoms with Crippen molar-refractivity contribution in [2.45, 2.75) is 25.7 Å². The van der Waals surface area contributed by atoms with E-state index in [-0.39, 0.29) is 5.91 Å². The van der Waals surface area contributed by atoms with E-state index in [9.17, 15) is 4.79 Å². The van der Waals surface area contributed by atoms with Gasteiger partial charge in [0.2, 0.25) is 0 Å². The van der Waals surface area contributed by atoms with Crippen molar-refractivity contribution in [1.82, 2.24) is 4.90 Å². The zero-order chi connectivity index (χ0) is 18.4. The molecule has 2 aromatic rings. The highest BCUT2D eigenvalue weighted by molar-refractivity contribution is 6.04. The Morgan fingerprint density at radius 1 is 1.19 bits per heavy atom. The minimum atomic E-state index is -0.193. The van der Waals surface area contributed by atoms with Crippen LogP contribution >= 0.6 is 0 Å². The number of anilines is 1. The average Bonchev–Trinajstić information content (AvgIpc) is 2.68. The highest BCUT2D eigenvalue weighted by Crippen LogP contribution is 2.22. The first-order chi connectivity index (χ1) is 12.6. The van der Waals surface area contributed by atoms with Crippen molar-refractivity contribution in [2.75, 3.05) is 25.5 Å². The molecule has 0 bridgehead atoms. The fraction of sp³-hybridized carbons (Fsp3) is 0.364. The Kier molecular flexibility index (Phi) is 6.04. The lowest BCUT2D eigenvalue weighted by Gasteiger charge is -2.28. The Balaban J connectivity index is 1.52. The van der Waals surface area contributed by atoms with Gasteiger partial charge in [-0.25, -0.2) is 0 Å². The molecule has 1 saturated heterocycles. The lowest BCUT2D eigenvalue weighted by molar-refractivity contribution is 0.102. The summed E-state index contributed by atoms with van der Waals surface area (Å²) in [4.78, 5) is 14.7. The standard InChI is InChI=1S/C22H25N3O/c1-25-13-11-18(12-14-25)6-5-17-7-9-21(10-8-17)24-22(26)20-4-2-3-19(15-20)16-23/h2-4,7-10,15,18H,5-6,11-14H2,1H3,(H,24,26). The Hall–Kier alpha value is -2.64. The van der Waals surface area contributed by atoms with E-state index in [1.54, 1.807) is 24.3 Å². The van der Waals surface area contributed by atoms with Gasteiger partial charge in [-0.15, -0.1) is 0 Å². The molecule has 134 valence electrons. The van der Waals surface area contributed by atoms with Gasteiger partial charge in [-0.05, 0) is 87.6 Å². The monoisotopic (exact) mass is 347 g/mol. The number of amides is 1. The third-order valence-electron chi connectivity index (χ3n) is 5.15. The van der Waals surface area contributed by atoms with Crippen LogP contribution < -0.4 is 5.32 Å². The van der Waals surface area contributed by atoms with Crippen LogP contribution in [-0.2, 0) is 6.42 Å². The van der Waals surface area contributed by atoms with Gasteiger partial charge in [0, 0.05) is 11.3 Å². The summed E-state index contributed by atoms with van der Waals surface area (Å²) in [6, 6.07) is 16.9. The minimum absolute atomic E-state index is 0.193. The molecule has 26 heavy (non-hydrogen) atoms. The first-order valence-electron chi connectivity index (χ1n) is 9.23. The quantitative estimate of drug-likeness (QED) is 0.886. The fourth-order valence-corrected chi connectivity index (χ4v) is 3.41. The molecule has 1 amide bonds. The maximum absolute atomic E-state index is 12.3. The molecule has 1 heterocycles. The van der Waals surface area contributed by atoms with Crippen LogP contribution in [0.25, 0.3) is 0 Å². The van der Waals surface area contributed by atoms with Crippen LogP contribution in [0.1, 0.15) is 40.7 Å². The number of likely N-dealkylation sites (tertiary alicyclic amines) is 1. The fourth-order valence-electron chi connectivity index (χ4n) is 3.41. The van der Waals surface area contributed by atoms with Gasteiger partial charge in [0.1, 0.15) is 0 Å². The second kappa shape index (κ2) is 8.64. The number of carbonyl (C=O) groups excluding carboxylic acids is 1. The summed E-state index contributed by atoms with van der Waals surface area (Å²) in [6.45, 7) is 2.42. The molecule has 0 atom stereocenters. The lowest BCUT2D eigenvalue weighted by Crippen LogP contribution is -2.30. The lowest BCUT2D eigenvalue weighted by atomic mass is 9.91. The topological polar surface area (TPSA) is 56.1 Å². The first-order valence-corrected chi connectivity index (χ1v) is 9.23. The SMILES string of the molecule is CN1CCC(CCc2ccc(NC(=O)c3cccc(C#N)c3)cc2)CC1. The number of nitrogens with one attached hydrogen (secondary N) is 1. The largest absolute Gasteiger partial charge is 0.322 e. The van der Waals surface area contributed by atoms with Crippen LogP contribution in [0.2, 0.25) is 0 Å². The molecule has 0 saturated carbocycles. The van der Waals surface area contributed by atoms with E-state index in [2.05, 4.69) is 35.5 Å². The van der Waals surface area contributed by atoms with Crippen molar-refractivity contribution in [3.63, 3.8) is 0 Å². The van der Waals surface area contributed by atoms with E-state index in [1.807, 2.05) is 12.1 Å². The summed E-state index contributed by atoms with van der Waals surface area (Å²) in [7, 11) is 2.19. The molecule has 0 aromatic heterocycles. The Bertz CT molecular complexity index is 784.